The molecule has 0 aromatic rings. The van der Waals surface area contributed by atoms with E-state index in [1.807, 2.05) is 13.8 Å². The summed E-state index contributed by atoms with van der Waals surface area (Å²) in [6, 6.07) is 0. The van der Waals surface area contributed by atoms with Gasteiger partial charge in [-0.25, -0.2) is 8.42 Å². The Kier molecular flexibility index (Phi) is 4.92. The fourth-order valence-electron chi connectivity index (χ4n) is 1.76. The largest absolute Gasteiger partial charge is 0.329 e. The molecule has 0 saturated carbocycles. The zero-order chi connectivity index (χ0) is 10.5. The van der Waals surface area contributed by atoms with Gasteiger partial charge in [-0.3, -0.25) is 0 Å². The summed E-state index contributed by atoms with van der Waals surface area (Å²) in [4.78, 5) is 0. The molecule has 80 valence electrons. The number of rotatable bonds is 6. The highest BCUT2D eigenvalue weighted by Crippen LogP contribution is 2.27. The van der Waals surface area contributed by atoms with Crippen LogP contribution in [0.3, 0.4) is 0 Å². The van der Waals surface area contributed by atoms with Gasteiger partial charge in [0, 0.05) is 12.8 Å². The van der Waals surface area contributed by atoms with E-state index in [2.05, 4.69) is 0 Å². The molecule has 0 aliphatic carbocycles. The smallest absolute Gasteiger partial charge is 0.154 e. The second-order valence-electron chi connectivity index (χ2n) is 3.66. The van der Waals surface area contributed by atoms with Crippen molar-refractivity contribution >= 4 is 9.84 Å². The van der Waals surface area contributed by atoms with Crippen LogP contribution in [0.2, 0.25) is 0 Å². The monoisotopic (exact) mass is 207 g/mol. The van der Waals surface area contributed by atoms with Crippen molar-refractivity contribution in [3.8, 4) is 0 Å². The van der Waals surface area contributed by atoms with Crippen molar-refractivity contribution in [3.63, 3.8) is 0 Å². The second kappa shape index (κ2) is 4.96. The van der Waals surface area contributed by atoms with E-state index in [1.54, 1.807) is 0 Å². The maximum absolute atomic E-state index is 11.6. The number of nitrogens with two attached hydrogens (primary N) is 1. The lowest BCUT2D eigenvalue weighted by molar-refractivity contribution is 0.452. The lowest BCUT2D eigenvalue weighted by atomic mass is 9.97. The molecule has 0 aliphatic heterocycles. The van der Waals surface area contributed by atoms with Crippen LogP contribution in [0, 0.1) is 0 Å². The minimum absolute atomic E-state index is 0.244. The quantitative estimate of drug-likeness (QED) is 0.714. The van der Waals surface area contributed by atoms with E-state index < -0.39 is 14.6 Å². The standard InChI is InChI=1S/C9H21NO2S/c1-4-6-9(8-10,7-5-2)13(3,11)12/h4-8,10H2,1-3H3. The first-order valence-corrected chi connectivity index (χ1v) is 6.72. The van der Waals surface area contributed by atoms with Crippen LogP contribution < -0.4 is 5.73 Å². The predicted molar refractivity (Wildman–Crippen MR) is 56.4 cm³/mol. The first-order valence-electron chi connectivity index (χ1n) is 4.83. The van der Waals surface area contributed by atoms with Gasteiger partial charge in [-0.15, -0.1) is 0 Å². The molecule has 0 bridgehead atoms. The minimum Gasteiger partial charge on any atom is -0.329 e. The van der Waals surface area contributed by atoms with Gasteiger partial charge in [0.1, 0.15) is 0 Å². The van der Waals surface area contributed by atoms with Crippen LogP contribution in [0.25, 0.3) is 0 Å². The van der Waals surface area contributed by atoms with Gasteiger partial charge in [0.05, 0.1) is 4.75 Å². The number of hydrogen-bond acceptors (Lipinski definition) is 3. The van der Waals surface area contributed by atoms with E-state index in [4.69, 9.17) is 5.73 Å². The van der Waals surface area contributed by atoms with Gasteiger partial charge in [-0.05, 0) is 12.8 Å². The summed E-state index contributed by atoms with van der Waals surface area (Å²) in [6.07, 6.45) is 4.38. The number of hydrogen-bond donors (Lipinski definition) is 1. The highest BCUT2D eigenvalue weighted by molar-refractivity contribution is 7.92. The Morgan fingerprint density at radius 1 is 1.15 bits per heavy atom. The summed E-state index contributed by atoms with van der Waals surface area (Å²) >= 11 is 0. The highest BCUT2D eigenvalue weighted by atomic mass is 32.2. The molecule has 0 amide bonds. The summed E-state index contributed by atoms with van der Waals surface area (Å²) < 4.78 is 22.5. The summed E-state index contributed by atoms with van der Waals surface area (Å²) in [5.74, 6) is 0. The first-order chi connectivity index (χ1) is 5.93. The van der Waals surface area contributed by atoms with Crippen molar-refractivity contribution in [2.75, 3.05) is 12.8 Å². The van der Waals surface area contributed by atoms with Crippen molar-refractivity contribution < 1.29 is 8.42 Å². The minimum atomic E-state index is -3.03. The predicted octanol–water partition coefficient (Wildman–Crippen LogP) is 1.33. The van der Waals surface area contributed by atoms with E-state index in [1.165, 1.54) is 6.26 Å². The van der Waals surface area contributed by atoms with Crippen LogP contribution in [0.5, 0.6) is 0 Å². The van der Waals surface area contributed by atoms with Gasteiger partial charge in [-0.2, -0.15) is 0 Å². The molecule has 0 unspecified atom stereocenters. The Balaban J connectivity index is 4.86. The van der Waals surface area contributed by atoms with Gasteiger partial charge >= 0.3 is 0 Å². The molecule has 4 heteroatoms. The Hall–Kier alpha value is -0.0900. The topological polar surface area (TPSA) is 60.2 Å². The Bertz CT molecular complexity index is 228. The molecule has 0 spiro atoms. The van der Waals surface area contributed by atoms with Crippen molar-refractivity contribution in [1.82, 2.24) is 0 Å². The van der Waals surface area contributed by atoms with E-state index in [9.17, 15) is 8.42 Å². The Morgan fingerprint density at radius 2 is 1.54 bits per heavy atom. The Morgan fingerprint density at radius 3 is 1.69 bits per heavy atom. The van der Waals surface area contributed by atoms with Crippen LogP contribution >= 0.6 is 0 Å². The molecule has 0 rings (SSSR count). The fourth-order valence-corrected chi connectivity index (χ4v) is 3.22. The van der Waals surface area contributed by atoms with Crippen LogP contribution in [0.4, 0.5) is 0 Å². The molecule has 0 atom stereocenters. The third-order valence-electron chi connectivity index (χ3n) is 2.57. The molecule has 3 nitrogen and oxygen atoms in total. The normalized spacial score (nSPS) is 13.2. The SMILES string of the molecule is CCCC(CN)(CCC)S(C)(=O)=O. The van der Waals surface area contributed by atoms with Gasteiger partial charge < -0.3 is 5.73 Å². The summed E-state index contributed by atoms with van der Waals surface area (Å²) in [6.45, 7) is 4.23. The zero-order valence-corrected chi connectivity index (χ0v) is 9.65. The zero-order valence-electron chi connectivity index (χ0n) is 8.84. The van der Waals surface area contributed by atoms with Crippen molar-refractivity contribution in [2.45, 2.75) is 44.3 Å². The first kappa shape index (κ1) is 12.9. The van der Waals surface area contributed by atoms with Crippen molar-refractivity contribution in [1.29, 1.82) is 0 Å². The molecule has 0 fully saturated rings. The van der Waals surface area contributed by atoms with Gasteiger partial charge in [-0.1, -0.05) is 26.7 Å². The third-order valence-corrected chi connectivity index (χ3v) is 4.72. The molecule has 0 saturated heterocycles. The molecular weight excluding hydrogens is 186 g/mol. The molecule has 0 aromatic heterocycles. The van der Waals surface area contributed by atoms with Crippen LogP contribution in [0.1, 0.15) is 39.5 Å². The summed E-state index contributed by atoms with van der Waals surface area (Å²) in [7, 11) is -3.03. The molecule has 2 N–H and O–H groups in total. The van der Waals surface area contributed by atoms with Crippen molar-refractivity contribution in [3.05, 3.63) is 0 Å². The average molecular weight is 207 g/mol. The molecular formula is C9H21NO2S. The molecule has 0 radical (unpaired) electrons. The lowest BCUT2D eigenvalue weighted by Crippen LogP contribution is -2.44. The second-order valence-corrected chi connectivity index (χ2v) is 6.07. The van der Waals surface area contributed by atoms with E-state index in [0.717, 1.165) is 12.8 Å². The highest BCUT2D eigenvalue weighted by Gasteiger charge is 2.37. The van der Waals surface area contributed by atoms with Crippen LogP contribution in [-0.2, 0) is 9.84 Å². The van der Waals surface area contributed by atoms with Gasteiger partial charge in [0.25, 0.3) is 0 Å². The van der Waals surface area contributed by atoms with Gasteiger partial charge in [0.2, 0.25) is 0 Å². The lowest BCUT2D eigenvalue weighted by Gasteiger charge is -2.29. The van der Waals surface area contributed by atoms with Crippen molar-refractivity contribution in [2.24, 2.45) is 5.73 Å². The molecule has 0 aromatic carbocycles. The molecule has 13 heavy (non-hydrogen) atoms. The molecule has 0 aliphatic rings. The van der Waals surface area contributed by atoms with E-state index in [0.29, 0.717) is 12.8 Å². The maximum atomic E-state index is 11.6. The van der Waals surface area contributed by atoms with E-state index >= 15 is 0 Å². The van der Waals surface area contributed by atoms with E-state index in [-0.39, 0.29) is 6.54 Å². The number of sulfone groups is 1. The third kappa shape index (κ3) is 2.95. The maximum Gasteiger partial charge on any atom is 0.154 e. The van der Waals surface area contributed by atoms with Crippen LogP contribution in [0.15, 0.2) is 0 Å². The van der Waals surface area contributed by atoms with Gasteiger partial charge in [0.15, 0.2) is 9.84 Å². The van der Waals surface area contributed by atoms with Crippen LogP contribution in [-0.4, -0.2) is 26.0 Å². The fraction of sp³-hybridized carbons (Fsp3) is 1.00. The Labute approximate surface area is 81.6 Å². The molecule has 0 heterocycles. The average Bonchev–Trinajstić information content (AvgIpc) is 2.02. The summed E-state index contributed by atoms with van der Waals surface area (Å²) in [5.41, 5.74) is 5.59. The summed E-state index contributed by atoms with van der Waals surface area (Å²) in [5, 5.41) is 0.